The maximum absolute atomic E-state index is 13.7. The maximum Gasteiger partial charge on any atom is 0.323 e. The van der Waals surface area contributed by atoms with Crippen LogP contribution in [0.5, 0.6) is 0 Å². The molecule has 0 aliphatic carbocycles. The molecule has 0 bridgehead atoms. The lowest BCUT2D eigenvalue weighted by molar-refractivity contribution is -0.137. The van der Waals surface area contributed by atoms with Crippen LogP contribution in [0.1, 0.15) is 5.56 Å². The number of thiocarbonyl (C=S) groups is 1. The number of nitrogens with zero attached hydrogens (tertiary/aromatic N) is 2. The summed E-state index contributed by atoms with van der Waals surface area (Å²) < 4.78 is 13.7. The molecule has 0 amide bonds. The monoisotopic (exact) mass is 354 g/mol. The summed E-state index contributed by atoms with van der Waals surface area (Å²) in [5, 5.41) is 9.68. The molecule has 25 heavy (non-hydrogen) atoms. The van der Waals surface area contributed by atoms with Crippen LogP contribution in [-0.2, 0) is 4.79 Å². The summed E-state index contributed by atoms with van der Waals surface area (Å²) in [6.07, 6.45) is 0. The van der Waals surface area contributed by atoms with E-state index in [1.54, 1.807) is 13.1 Å². The lowest BCUT2D eigenvalue weighted by atomic mass is 10.0. The lowest BCUT2D eigenvalue weighted by Crippen LogP contribution is -2.31. The minimum Gasteiger partial charge on any atom is -0.480 e. The van der Waals surface area contributed by atoms with Gasteiger partial charge in [0.25, 0.3) is 0 Å². The van der Waals surface area contributed by atoms with E-state index in [2.05, 4.69) is 4.98 Å². The summed E-state index contributed by atoms with van der Waals surface area (Å²) in [5.41, 5.74) is 2.66. The topological polar surface area (TPSA) is 53.4 Å². The summed E-state index contributed by atoms with van der Waals surface area (Å²) in [6.45, 7) is -0.218. The van der Waals surface area contributed by atoms with Crippen LogP contribution in [0.4, 0.5) is 4.39 Å². The van der Waals surface area contributed by atoms with E-state index in [0.29, 0.717) is 27.1 Å². The number of aliphatic carboxylic acids is 1. The van der Waals surface area contributed by atoms with Crippen LogP contribution >= 0.6 is 12.2 Å². The molecule has 0 saturated carbocycles. The van der Waals surface area contributed by atoms with Crippen LogP contribution in [0.15, 0.2) is 54.6 Å². The van der Waals surface area contributed by atoms with E-state index < -0.39 is 5.97 Å². The van der Waals surface area contributed by atoms with E-state index in [9.17, 15) is 9.18 Å². The van der Waals surface area contributed by atoms with Gasteiger partial charge in [-0.3, -0.25) is 4.79 Å². The normalized spacial score (nSPS) is 10.6. The van der Waals surface area contributed by atoms with Crippen molar-refractivity contribution in [3.8, 4) is 11.3 Å². The summed E-state index contributed by atoms with van der Waals surface area (Å²) in [6, 6.07) is 15.6. The first-order chi connectivity index (χ1) is 12.0. The number of fused-ring (bicyclic) bond motifs is 1. The quantitative estimate of drug-likeness (QED) is 0.724. The van der Waals surface area contributed by atoms with Gasteiger partial charge >= 0.3 is 5.97 Å². The first kappa shape index (κ1) is 17.0. The molecule has 0 saturated heterocycles. The fraction of sp³-hybridized carbons (Fsp3) is 0.105. The number of benzene rings is 2. The maximum atomic E-state index is 13.7. The fourth-order valence-electron chi connectivity index (χ4n) is 2.62. The molecule has 0 radical (unpaired) electrons. The Morgan fingerprint density at radius 3 is 2.60 bits per heavy atom. The minimum atomic E-state index is -0.975. The van der Waals surface area contributed by atoms with Crippen molar-refractivity contribution in [2.24, 2.45) is 0 Å². The Hall–Kier alpha value is -2.86. The number of hydrogen-bond donors (Lipinski definition) is 1. The SMILES string of the molecule is CN(CC(=O)O)C(=S)c1cc(-c2ccccc2)nc2cc(F)ccc12. The molecule has 1 N–H and O–H groups in total. The van der Waals surface area contributed by atoms with Crippen molar-refractivity contribution in [2.75, 3.05) is 13.6 Å². The molecule has 0 unspecified atom stereocenters. The van der Waals surface area contributed by atoms with Crippen molar-refractivity contribution in [1.29, 1.82) is 0 Å². The molecule has 4 nitrogen and oxygen atoms in total. The molecule has 3 aromatic rings. The van der Waals surface area contributed by atoms with Crippen LogP contribution in [0.3, 0.4) is 0 Å². The molecule has 6 heteroatoms. The Labute approximate surface area is 149 Å². The molecule has 2 aromatic carbocycles. The summed E-state index contributed by atoms with van der Waals surface area (Å²) in [7, 11) is 1.62. The zero-order chi connectivity index (χ0) is 18.0. The van der Waals surface area contributed by atoms with Gasteiger partial charge in [-0.05, 0) is 18.2 Å². The molecule has 0 aliphatic heterocycles. The zero-order valence-corrected chi connectivity index (χ0v) is 14.3. The smallest absolute Gasteiger partial charge is 0.323 e. The number of hydrogen-bond acceptors (Lipinski definition) is 3. The Bertz CT molecular complexity index is 960. The third-order valence-corrected chi connectivity index (χ3v) is 4.32. The predicted octanol–water partition coefficient (Wildman–Crippen LogP) is 3.73. The van der Waals surface area contributed by atoms with Gasteiger partial charge in [0.05, 0.1) is 11.2 Å². The lowest BCUT2D eigenvalue weighted by Gasteiger charge is -2.20. The Kier molecular flexibility index (Phi) is 4.72. The van der Waals surface area contributed by atoms with E-state index >= 15 is 0 Å². The van der Waals surface area contributed by atoms with Crippen LogP contribution in [-0.4, -0.2) is 39.5 Å². The van der Waals surface area contributed by atoms with Crippen molar-refractivity contribution >= 4 is 34.1 Å². The van der Waals surface area contributed by atoms with Gasteiger partial charge in [-0.2, -0.15) is 0 Å². The first-order valence-corrected chi connectivity index (χ1v) is 7.99. The highest BCUT2D eigenvalue weighted by Crippen LogP contribution is 2.26. The second-order valence-electron chi connectivity index (χ2n) is 5.64. The first-order valence-electron chi connectivity index (χ1n) is 7.58. The van der Waals surface area contributed by atoms with Crippen LogP contribution in [0.25, 0.3) is 22.2 Å². The molecule has 0 atom stereocenters. The van der Waals surface area contributed by atoms with Gasteiger partial charge in [0.2, 0.25) is 0 Å². The number of likely N-dealkylation sites (N-methyl/N-ethyl adjacent to an activating group) is 1. The number of carbonyl (C=O) groups is 1. The molecule has 0 aliphatic rings. The van der Waals surface area contributed by atoms with Gasteiger partial charge < -0.3 is 10.0 Å². The number of carboxylic acid groups (broad SMARTS) is 1. The largest absolute Gasteiger partial charge is 0.480 e. The standard InChI is InChI=1S/C19H15FN2O2S/c1-22(11-18(23)24)19(25)15-10-16(12-5-3-2-4-6-12)21-17-9-13(20)7-8-14(15)17/h2-10H,11H2,1H3,(H,23,24). The molecular formula is C19H15FN2O2S. The number of halogens is 1. The highest BCUT2D eigenvalue weighted by atomic mass is 32.1. The van der Waals surface area contributed by atoms with Crippen LogP contribution < -0.4 is 0 Å². The van der Waals surface area contributed by atoms with Crippen LogP contribution in [0.2, 0.25) is 0 Å². The zero-order valence-electron chi connectivity index (χ0n) is 13.4. The highest BCUT2D eigenvalue weighted by molar-refractivity contribution is 7.80. The van der Waals surface area contributed by atoms with Crippen LogP contribution in [0, 0.1) is 5.82 Å². The van der Waals surface area contributed by atoms with Gasteiger partial charge in [0, 0.05) is 29.6 Å². The average Bonchev–Trinajstić information content (AvgIpc) is 2.60. The molecule has 0 fully saturated rings. The third-order valence-electron chi connectivity index (χ3n) is 3.79. The Morgan fingerprint density at radius 2 is 1.92 bits per heavy atom. The van der Waals surface area contributed by atoms with E-state index in [4.69, 9.17) is 17.3 Å². The Balaban J connectivity index is 2.18. The average molecular weight is 354 g/mol. The molecule has 0 spiro atoms. The van der Waals surface area contributed by atoms with E-state index in [-0.39, 0.29) is 12.4 Å². The van der Waals surface area contributed by atoms with Gasteiger partial charge in [-0.25, -0.2) is 9.37 Å². The Morgan fingerprint density at radius 1 is 1.20 bits per heavy atom. The minimum absolute atomic E-state index is 0.218. The van der Waals surface area contributed by atoms with Gasteiger partial charge in [-0.1, -0.05) is 42.5 Å². The van der Waals surface area contributed by atoms with E-state index in [0.717, 1.165) is 5.56 Å². The third kappa shape index (κ3) is 3.64. The molecule has 1 aromatic heterocycles. The molecular weight excluding hydrogens is 339 g/mol. The highest BCUT2D eigenvalue weighted by Gasteiger charge is 2.16. The van der Waals surface area contributed by atoms with Gasteiger partial charge in [0.15, 0.2) is 0 Å². The van der Waals surface area contributed by atoms with E-state index in [1.807, 2.05) is 36.4 Å². The van der Waals surface area contributed by atoms with Crippen molar-refractivity contribution in [1.82, 2.24) is 9.88 Å². The molecule has 1 heterocycles. The number of rotatable bonds is 4. The second kappa shape index (κ2) is 6.94. The molecule has 126 valence electrons. The fourth-order valence-corrected chi connectivity index (χ4v) is 2.85. The van der Waals surface area contributed by atoms with Gasteiger partial charge in [0.1, 0.15) is 17.4 Å². The summed E-state index contributed by atoms with van der Waals surface area (Å²) in [4.78, 5) is 17.4. The van der Waals surface area contributed by atoms with Gasteiger partial charge in [-0.15, -0.1) is 0 Å². The van der Waals surface area contributed by atoms with Crippen molar-refractivity contribution in [3.05, 3.63) is 66.0 Å². The number of carboxylic acids is 1. The summed E-state index contributed by atoms with van der Waals surface area (Å²) in [5.74, 6) is -1.36. The second-order valence-corrected chi connectivity index (χ2v) is 6.02. The van der Waals surface area contributed by atoms with Crippen molar-refractivity contribution in [2.45, 2.75) is 0 Å². The van der Waals surface area contributed by atoms with E-state index in [1.165, 1.54) is 17.0 Å². The summed E-state index contributed by atoms with van der Waals surface area (Å²) >= 11 is 5.47. The van der Waals surface area contributed by atoms with Crippen molar-refractivity contribution < 1.29 is 14.3 Å². The number of pyridine rings is 1. The predicted molar refractivity (Wildman–Crippen MR) is 99.1 cm³/mol. The molecule has 3 rings (SSSR count). The van der Waals surface area contributed by atoms with Crippen molar-refractivity contribution in [3.63, 3.8) is 0 Å². The number of aromatic nitrogens is 1.